The number of hydrogen-bond acceptors (Lipinski definition) is 3. The van der Waals surface area contributed by atoms with E-state index in [-0.39, 0.29) is 29.6 Å². The van der Waals surface area contributed by atoms with Gasteiger partial charge in [0.1, 0.15) is 0 Å². The highest BCUT2D eigenvalue weighted by Crippen LogP contribution is 2.41. The van der Waals surface area contributed by atoms with Crippen molar-refractivity contribution in [2.24, 2.45) is 0 Å². The van der Waals surface area contributed by atoms with Crippen molar-refractivity contribution in [3.63, 3.8) is 0 Å². The Bertz CT molecular complexity index is 732. The molecule has 0 aliphatic carbocycles. The molecule has 2 unspecified atom stereocenters. The van der Waals surface area contributed by atoms with Crippen molar-refractivity contribution < 1.29 is 18.0 Å². The van der Waals surface area contributed by atoms with E-state index >= 15 is 0 Å². The summed E-state index contributed by atoms with van der Waals surface area (Å²) in [6, 6.07) is 3.55. The molecule has 0 radical (unpaired) electrons. The zero-order valence-corrected chi connectivity index (χ0v) is 15.3. The molecule has 1 aromatic carbocycles. The number of likely N-dealkylation sites (N-methyl/N-ethyl adjacent to an activating group) is 1. The molecule has 2 bridgehead atoms. The molecule has 26 heavy (non-hydrogen) atoms. The summed E-state index contributed by atoms with van der Waals surface area (Å²) in [4.78, 5) is 18.6. The number of anilines is 1. The van der Waals surface area contributed by atoms with E-state index in [1.807, 2.05) is 18.7 Å². The summed E-state index contributed by atoms with van der Waals surface area (Å²) in [6.45, 7) is 5.12. The zero-order valence-electron chi connectivity index (χ0n) is 15.3. The lowest BCUT2D eigenvalue weighted by molar-refractivity contribution is -0.138. The smallest absolute Gasteiger partial charge is 0.368 e. The van der Waals surface area contributed by atoms with E-state index in [0.717, 1.165) is 12.8 Å². The van der Waals surface area contributed by atoms with Gasteiger partial charge in [0.05, 0.1) is 5.56 Å². The van der Waals surface area contributed by atoms with Crippen LogP contribution in [0.15, 0.2) is 12.1 Å². The number of hydrogen-bond donors (Lipinski definition) is 0. The third-order valence-corrected chi connectivity index (χ3v) is 6.20. The highest BCUT2D eigenvalue weighted by Gasteiger charge is 2.42. The van der Waals surface area contributed by atoms with Crippen LogP contribution in [0.25, 0.3) is 0 Å². The van der Waals surface area contributed by atoms with Crippen LogP contribution in [0, 0.1) is 0 Å². The van der Waals surface area contributed by atoms with E-state index in [0.29, 0.717) is 30.9 Å². The third kappa shape index (κ3) is 2.68. The maximum atomic E-state index is 13.7. The third-order valence-electron chi connectivity index (χ3n) is 6.20. The Morgan fingerprint density at radius 1 is 1.12 bits per heavy atom. The maximum Gasteiger partial charge on any atom is 0.416 e. The molecule has 3 heterocycles. The van der Waals surface area contributed by atoms with Crippen LogP contribution in [-0.4, -0.2) is 54.0 Å². The molecule has 7 heteroatoms. The fourth-order valence-electron chi connectivity index (χ4n) is 4.59. The number of amides is 1. The number of carbonyl (C=O) groups excluding carboxylic acids is 1. The zero-order chi connectivity index (χ0) is 18.8. The van der Waals surface area contributed by atoms with Gasteiger partial charge in [0.15, 0.2) is 0 Å². The van der Waals surface area contributed by atoms with E-state index in [1.165, 1.54) is 11.0 Å². The van der Waals surface area contributed by atoms with Crippen molar-refractivity contribution >= 4 is 11.6 Å². The van der Waals surface area contributed by atoms with Gasteiger partial charge in [-0.1, -0.05) is 0 Å². The Balaban J connectivity index is 1.76. The van der Waals surface area contributed by atoms with Gasteiger partial charge in [0.25, 0.3) is 5.91 Å². The predicted molar refractivity (Wildman–Crippen MR) is 93.2 cm³/mol. The van der Waals surface area contributed by atoms with Crippen LogP contribution >= 0.6 is 0 Å². The molecule has 2 fully saturated rings. The van der Waals surface area contributed by atoms with Crippen LogP contribution in [0.1, 0.15) is 48.2 Å². The van der Waals surface area contributed by atoms with E-state index < -0.39 is 11.7 Å². The maximum absolute atomic E-state index is 13.7. The van der Waals surface area contributed by atoms with Gasteiger partial charge in [0.2, 0.25) is 0 Å². The largest absolute Gasteiger partial charge is 0.416 e. The number of piperazine rings is 1. The second kappa shape index (κ2) is 5.87. The van der Waals surface area contributed by atoms with Crippen LogP contribution in [0.5, 0.6) is 0 Å². The van der Waals surface area contributed by atoms with Gasteiger partial charge in [-0.05, 0) is 51.4 Å². The molecule has 0 spiro atoms. The topological polar surface area (TPSA) is 26.8 Å². The summed E-state index contributed by atoms with van der Waals surface area (Å²) in [6.07, 6.45) is -2.30. The summed E-state index contributed by atoms with van der Waals surface area (Å²) in [7, 11) is 2.09. The highest BCUT2D eigenvalue weighted by atomic mass is 19.4. The van der Waals surface area contributed by atoms with Crippen molar-refractivity contribution in [3.8, 4) is 0 Å². The summed E-state index contributed by atoms with van der Waals surface area (Å²) >= 11 is 0. The molecule has 4 nitrogen and oxygen atoms in total. The minimum atomic E-state index is -4.46. The van der Waals surface area contributed by atoms with Crippen LogP contribution in [0.4, 0.5) is 18.9 Å². The molecule has 142 valence electrons. The van der Waals surface area contributed by atoms with Gasteiger partial charge in [-0.3, -0.25) is 9.69 Å². The fourth-order valence-corrected chi connectivity index (χ4v) is 4.59. The van der Waals surface area contributed by atoms with Gasteiger partial charge in [-0.25, -0.2) is 0 Å². The Hall–Kier alpha value is -1.76. The van der Waals surface area contributed by atoms with E-state index in [4.69, 9.17) is 0 Å². The lowest BCUT2D eigenvalue weighted by Gasteiger charge is -2.40. The normalized spacial score (nSPS) is 26.2. The second-order valence-electron chi connectivity index (χ2n) is 8.00. The van der Waals surface area contributed by atoms with Crippen LogP contribution < -0.4 is 4.90 Å². The van der Waals surface area contributed by atoms with Crippen LogP contribution in [0.3, 0.4) is 0 Å². The first kappa shape index (κ1) is 17.6. The Morgan fingerprint density at radius 3 is 2.27 bits per heavy atom. The molecule has 1 amide bonds. The number of rotatable bonds is 2. The van der Waals surface area contributed by atoms with Crippen molar-refractivity contribution in [1.82, 2.24) is 9.80 Å². The minimum absolute atomic E-state index is 0.0367. The Labute approximate surface area is 151 Å². The SMILES string of the molecule is CC(C)N1Cc2c(cc(N3CC4CCC(C3)N4C)cc2C(F)(F)F)C1=O. The summed E-state index contributed by atoms with van der Waals surface area (Å²) in [5.41, 5.74) is 0.208. The molecule has 0 N–H and O–H groups in total. The number of carbonyl (C=O) groups is 1. The molecular formula is C19H24F3N3O. The van der Waals surface area contributed by atoms with Crippen molar-refractivity contribution in [3.05, 3.63) is 28.8 Å². The Morgan fingerprint density at radius 2 is 1.73 bits per heavy atom. The van der Waals surface area contributed by atoms with Gasteiger partial charge in [0, 0.05) is 49.0 Å². The molecule has 0 aromatic heterocycles. The number of nitrogens with zero attached hydrogens (tertiary/aromatic N) is 3. The van der Waals surface area contributed by atoms with Crippen LogP contribution in [0.2, 0.25) is 0 Å². The van der Waals surface area contributed by atoms with E-state index in [9.17, 15) is 18.0 Å². The van der Waals surface area contributed by atoms with Gasteiger partial charge in [-0.2, -0.15) is 13.2 Å². The number of benzene rings is 1. The molecule has 3 aliphatic rings. The monoisotopic (exact) mass is 367 g/mol. The molecule has 0 saturated carbocycles. The number of halogens is 3. The quantitative estimate of drug-likeness (QED) is 0.802. The summed E-state index contributed by atoms with van der Waals surface area (Å²) in [5.74, 6) is -0.292. The average molecular weight is 367 g/mol. The fraction of sp³-hybridized carbons (Fsp3) is 0.632. The predicted octanol–water partition coefficient (Wildman–Crippen LogP) is 3.35. The first-order valence-electron chi connectivity index (χ1n) is 9.18. The first-order valence-corrected chi connectivity index (χ1v) is 9.18. The number of fused-ring (bicyclic) bond motifs is 3. The standard InChI is InChI=1S/C19H24F3N3O/c1-11(2)25-10-16-15(18(25)26)6-14(7-17(16)19(20,21)22)24-8-12-4-5-13(9-24)23(12)3/h6-7,11-13H,4-5,8-10H2,1-3H3. The minimum Gasteiger partial charge on any atom is -0.368 e. The van der Waals surface area contributed by atoms with E-state index in [1.54, 1.807) is 6.07 Å². The van der Waals surface area contributed by atoms with Crippen molar-refractivity contribution in [2.75, 3.05) is 25.0 Å². The molecule has 2 saturated heterocycles. The lowest BCUT2D eigenvalue weighted by Crippen LogP contribution is -2.52. The molecule has 1 aromatic rings. The molecule has 4 rings (SSSR count). The van der Waals surface area contributed by atoms with Gasteiger partial charge >= 0.3 is 6.18 Å². The van der Waals surface area contributed by atoms with Gasteiger partial charge in [-0.15, -0.1) is 0 Å². The average Bonchev–Trinajstić information content (AvgIpc) is 2.97. The first-order chi connectivity index (χ1) is 12.2. The van der Waals surface area contributed by atoms with Crippen LogP contribution in [-0.2, 0) is 12.7 Å². The molecular weight excluding hydrogens is 343 g/mol. The van der Waals surface area contributed by atoms with Crippen molar-refractivity contribution in [2.45, 2.75) is 57.5 Å². The summed E-state index contributed by atoms with van der Waals surface area (Å²) in [5, 5.41) is 0. The Kier molecular flexibility index (Phi) is 3.99. The highest BCUT2D eigenvalue weighted by molar-refractivity contribution is 6.00. The second-order valence-corrected chi connectivity index (χ2v) is 8.00. The molecule has 2 atom stereocenters. The number of alkyl halides is 3. The van der Waals surface area contributed by atoms with E-state index in [2.05, 4.69) is 11.9 Å². The molecule has 3 aliphatic heterocycles. The lowest BCUT2D eigenvalue weighted by atomic mass is 10.00. The van der Waals surface area contributed by atoms with Crippen molar-refractivity contribution in [1.29, 1.82) is 0 Å². The summed E-state index contributed by atoms with van der Waals surface area (Å²) < 4.78 is 41.2. The van der Waals surface area contributed by atoms with Gasteiger partial charge < -0.3 is 9.80 Å².